The van der Waals surface area contributed by atoms with Gasteiger partial charge in [0.1, 0.15) is 12.4 Å². The summed E-state index contributed by atoms with van der Waals surface area (Å²) in [4.78, 5) is 1.18. The van der Waals surface area contributed by atoms with E-state index in [-0.39, 0.29) is 0 Å². The normalized spacial score (nSPS) is 11.7. The second kappa shape index (κ2) is 6.09. The number of aryl methyl sites for hydroxylation is 1. The van der Waals surface area contributed by atoms with Crippen LogP contribution in [0, 0.1) is 6.92 Å². The summed E-state index contributed by atoms with van der Waals surface area (Å²) in [7, 11) is 1.43. The summed E-state index contributed by atoms with van der Waals surface area (Å²) in [6.07, 6.45) is -4.27. The molecule has 1 heterocycles. The maximum atomic E-state index is 12.7. The molecule has 0 saturated heterocycles. The minimum absolute atomic E-state index is 0.448. The Morgan fingerprint density at radius 2 is 1.86 bits per heavy atom. The first-order valence-electron chi connectivity index (χ1n) is 6.31. The Morgan fingerprint density at radius 1 is 1.24 bits per heavy atom. The number of aromatic nitrogens is 2. The van der Waals surface area contributed by atoms with Crippen molar-refractivity contribution in [1.29, 1.82) is 0 Å². The highest BCUT2D eigenvalue weighted by atomic mass is 79.9. The first kappa shape index (κ1) is 15.9. The van der Waals surface area contributed by atoms with Gasteiger partial charge in [-0.2, -0.15) is 18.3 Å². The molecule has 0 saturated carbocycles. The van der Waals surface area contributed by atoms with Gasteiger partial charge in [-0.15, -0.1) is 0 Å². The van der Waals surface area contributed by atoms with E-state index in [0.717, 1.165) is 11.3 Å². The molecule has 2 aromatic rings. The summed E-state index contributed by atoms with van der Waals surface area (Å²) in [5.41, 5.74) is 2.20. The molecule has 0 aliphatic heterocycles. The topological polar surface area (TPSA) is 21.1 Å². The smallest absolute Gasteiger partial charge is 0.350 e. The molecule has 0 atom stereocenters. The van der Waals surface area contributed by atoms with Crippen LogP contribution in [0.25, 0.3) is 5.69 Å². The Hall–Kier alpha value is -1.50. The van der Waals surface area contributed by atoms with E-state index >= 15 is 0 Å². The molecule has 0 fully saturated rings. The van der Waals surface area contributed by atoms with E-state index in [1.807, 2.05) is 30.3 Å². The second-order valence-corrected chi connectivity index (χ2v) is 5.30. The maximum Gasteiger partial charge on any atom is 0.405 e. The van der Waals surface area contributed by atoms with E-state index in [9.17, 15) is 13.2 Å². The van der Waals surface area contributed by atoms with Crippen molar-refractivity contribution < 1.29 is 13.2 Å². The molecule has 0 radical (unpaired) electrons. The molecule has 3 nitrogen and oxygen atoms in total. The van der Waals surface area contributed by atoms with Gasteiger partial charge < -0.3 is 4.90 Å². The van der Waals surface area contributed by atoms with Crippen LogP contribution in [0.2, 0.25) is 0 Å². The fourth-order valence-electron chi connectivity index (χ4n) is 2.19. The largest absolute Gasteiger partial charge is 0.405 e. The lowest BCUT2D eigenvalue weighted by Gasteiger charge is -2.23. The number of hydrogen-bond acceptors (Lipinski definition) is 2. The van der Waals surface area contributed by atoms with E-state index in [2.05, 4.69) is 21.0 Å². The Labute approximate surface area is 129 Å². The lowest BCUT2D eigenvalue weighted by molar-refractivity contribution is -0.119. The Bertz CT molecular complexity index is 608. The van der Waals surface area contributed by atoms with Gasteiger partial charge in [-0.1, -0.05) is 34.1 Å². The van der Waals surface area contributed by atoms with Crippen molar-refractivity contribution in [2.75, 3.05) is 18.5 Å². The molecule has 0 unspecified atom stereocenters. The predicted molar refractivity (Wildman–Crippen MR) is 80.3 cm³/mol. The quantitative estimate of drug-likeness (QED) is 0.765. The van der Waals surface area contributed by atoms with Gasteiger partial charge in [-0.3, -0.25) is 0 Å². The molecular formula is C14H15BrF3N3. The van der Waals surface area contributed by atoms with Crippen molar-refractivity contribution in [2.45, 2.75) is 18.4 Å². The molecule has 1 aromatic heterocycles. The van der Waals surface area contributed by atoms with Crippen molar-refractivity contribution in [3.8, 4) is 5.69 Å². The SMILES string of the molecule is Cc1nn(-c2ccccc2)c(N(C)CC(F)(F)F)c1CBr. The van der Waals surface area contributed by atoms with Gasteiger partial charge in [0.25, 0.3) is 0 Å². The molecule has 0 N–H and O–H groups in total. The van der Waals surface area contributed by atoms with E-state index in [0.29, 0.717) is 16.8 Å². The number of anilines is 1. The number of nitrogens with zero attached hydrogens (tertiary/aromatic N) is 3. The third-order valence-corrected chi connectivity index (χ3v) is 3.63. The van der Waals surface area contributed by atoms with Crippen LogP contribution in [0.3, 0.4) is 0 Å². The van der Waals surface area contributed by atoms with Crippen LogP contribution < -0.4 is 4.90 Å². The first-order valence-corrected chi connectivity index (χ1v) is 7.43. The van der Waals surface area contributed by atoms with Crippen LogP contribution in [0.1, 0.15) is 11.3 Å². The van der Waals surface area contributed by atoms with Crippen LogP contribution in [0.15, 0.2) is 30.3 Å². The lowest BCUT2D eigenvalue weighted by atomic mass is 10.2. The molecule has 0 bridgehead atoms. The second-order valence-electron chi connectivity index (χ2n) is 4.74. The van der Waals surface area contributed by atoms with Gasteiger partial charge in [0, 0.05) is 17.9 Å². The summed E-state index contributed by atoms with van der Waals surface area (Å²) < 4.78 is 39.6. The molecule has 0 amide bonds. The Morgan fingerprint density at radius 3 is 2.38 bits per heavy atom. The Balaban J connectivity index is 2.52. The van der Waals surface area contributed by atoms with Gasteiger partial charge in [0.05, 0.1) is 11.4 Å². The van der Waals surface area contributed by atoms with Crippen LogP contribution in [-0.4, -0.2) is 29.5 Å². The highest BCUT2D eigenvalue weighted by Gasteiger charge is 2.32. The number of alkyl halides is 4. The highest BCUT2D eigenvalue weighted by molar-refractivity contribution is 9.08. The average molecular weight is 362 g/mol. The average Bonchev–Trinajstić information content (AvgIpc) is 2.74. The van der Waals surface area contributed by atoms with Gasteiger partial charge in [-0.05, 0) is 19.1 Å². The zero-order chi connectivity index (χ0) is 15.6. The summed E-state index contributed by atoms with van der Waals surface area (Å²) >= 11 is 3.33. The molecule has 1 aromatic carbocycles. The van der Waals surface area contributed by atoms with Crippen LogP contribution in [-0.2, 0) is 5.33 Å². The summed E-state index contributed by atoms with van der Waals surface area (Å²) in [6, 6.07) is 9.14. The third-order valence-electron chi connectivity index (χ3n) is 3.07. The van der Waals surface area contributed by atoms with Crippen LogP contribution in [0.5, 0.6) is 0 Å². The first-order chi connectivity index (χ1) is 9.83. The third kappa shape index (κ3) is 3.58. The summed E-state index contributed by atoms with van der Waals surface area (Å²) in [5.74, 6) is 0.452. The summed E-state index contributed by atoms with van der Waals surface area (Å²) in [5, 5.41) is 4.83. The maximum absolute atomic E-state index is 12.7. The fraction of sp³-hybridized carbons (Fsp3) is 0.357. The van der Waals surface area contributed by atoms with Crippen LogP contribution >= 0.6 is 15.9 Å². The van der Waals surface area contributed by atoms with Gasteiger partial charge in [-0.25, -0.2) is 4.68 Å². The van der Waals surface area contributed by atoms with Crippen molar-refractivity contribution in [1.82, 2.24) is 9.78 Å². The molecule has 0 aliphatic carbocycles. The van der Waals surface area contributed by atoms with Gasteiger partial charge >= 0.3 is 6.18 Å². The number of benzene rings is 1. The lowest BCUT2D eigenvalue weighted by Crippen LogP contribution is -2.32. The fourth-order valence-corrected chi connectivity index (χ4v) is 2.85. The highest BCUT2D eigenvalue weighted by Crippen LogP contribution is 2.30. The number of halogens is 4. The predicted octanol–water partition coefficient (Wildman–Crippen LogP) is 4.07. The summed E-state index contributed by atoms with van der Waals surface area (Å²) in [6.45, 7) is 0.770. The van der Waals surface area contributed by atoms with Crippen LogP contribution in [0.4, 0.5) is 19.0 Å². The standard InChI is InChI=1S/C14H15BrF3N3/c1-10-12(8-15)13(20(2)9-14(16,17)18)21(19-10)11-6-4-3-5-7-11/h3-7H,8-9H2,1-2H3. The Kier molecular flexibility index (Phi) is 4.61. The molecule has 114 valence electrons. The molecule has 2 rings (SSSR count). The number of hydrogen-bond donors (Lipinski definition) is 0. The molecule has 21 heavy (non-hydrogen) atoms. The van der Waals surface area contributed by atoms with E-state index in [4.69, 9.17) is 0 Å². The zero-order valence-corrected chi connectivity index (χ0v) is 13.2. The minimum Gasteiger partial charge on any atom is -0.350 e. The van der Waals surface area contributed by atoms with E-state index < -0.39 is 12.7 Å². The van der Waals surface area contributed by atoms with Gasteiger partial charge in [0.2, 0.25) is 0 Å². The van der Waals surface area contributed by atoms with E-state index in [1.54, 1.807) is 11.6 Å². The minimum atomic E-state index is -4.27. The molecule has 7 heteroatoms. The molecule has 0 aliphatic rings. The van der Waals surface area contributed by atoms with Crippen molar-refractivity contribution in [3.63, 3.8) is 0 Å². The van der Waals surface area contributed by atoms with Crippen molar-refractivity contribution in [3.05, 3.63) is 41.6 Å². The van der Waals surface area contributed by atoms with E-state index in [1.165, 1.54) is 11.9 Å². The number of para-hydroxylation sites is 1. The number of rotatable bonds is 4. The molecular weight excluding hydrogens is 347 g/mol. The monoisotopic (exact) mass is 361 g/mol. The van der Waals surface area contributed by atoms with Crippen molar-refractivity contribution >= 4 is 21.7 Å². The zero-order valence-electron chi connectivity index (χ0n) is 11.7. The van der Waals surface area contributed by atoms with Gasteiger partial charge in [0.15, 0.2) is 0 Å². The van der Waals surface area contributed by atoms with Crippen molar-refractivity contribution in [2.24, 2.45) is 0 Å². The molecule has 0 spiro atoms.